The first kappa shape index (κ1) is 29.1. The van der Waals surface area contributed by atoms with Gasteiger partial charge in [0.1, 0.15) is 19.3 Å². The number of hydrogen-bond acceptors (Lipinski definition) is 6. The predicted octanol–water partition coefficient (Wildman–Crippen LogP) is 6.26. The van der Waals surface area contributed by atoms with Gasteiger partial charge in [-0.05, 0) is 6.42 Å². The fourth-order valence-electron chi connectivity index (χ4n) is 3.53. The summed E-state index contributed by atoms with van der Waals surface area (Å²) in [6, 6.07) is 0. The van der Waals surface area contributed by atoms with Crippen molar-refractivity contribution in [1.82, 2.24) is 0 Å². The van der Waals surface area contributed by atoms with E-state index in [9.17, 15) is 14.3 Å². The van der Waals surface area contributed by atoms with Gasteiger partial charge in [0.05, 0.1) is 34.4 Å². The summed E-state index contributed by atoms with van der Waals surface area (Å²) in [7, 11) is 1.34. The first-order valence-electron chi connectivity index (χ1n) is 15.0. The van der Waals surface area contributed by atoms with Crippen molar-refractivity contribution >= 4 is 13.8 Å². The fraction of sp³-hybridized carbons (Fsp3) is 0.962. The second-order valence-corrected chi connectivity index (χ2v) is 11.8. The SMILES string of the molecule is [2H]C([2H])([2H])C(=O)O[C@H](COCCCCCCCCCCCCCCCC)COP(=O)(O)OCC[N+](C)(C)C. The van der Waals surface area contributed by atoms with Gasteiger partial charge in [-0.3, -0.25) is 13.8 Å². The number of phosphoric acid groups is 1. The van der Waals surface area contributed by atoms with Gasteiger partial charge < -0.3 is 18.9 Å². The molecule has 0 amide bonds. The van der Waals surface area contributed by atoms with Crippen molar-refractivity contribution in [2.24, 2.45) is 0 Å². The normalized spacial score (nSPS) is 16.2. The average Bonchev–Trinajstić information content (AvgIpc) is 2.80. The van der Waals surface area contributed by atoms with Crippen molar-refractivity contribution in [2.75, 3.05) is 54.1 Å². The van der Waals surface area contributed by atoms with Crippen LogP contribution in [0.4, 0.5) is 0 Å². The van der Waals surface area contributed by atoms with Crippen LogP contribution >= 0.6 is 7.82 Å². The van der Waals surface area contributed by atoms with Crippen LogP contribution in [0.15, 0.2) is 0 Å². The van der Waals surface area contributed by atoms with Gasteiger partial charge >= 0.3 is 13.8 Å². The monoisotopic (exact) mass is 527 g/mol. The third kappa shape index (κ3) is 26.4. The Labute approximate surface area is 219 Å². The molecule has 1 N–H and O–H groups in total. The maximum atomic E-state index is 12.1. The van der Waals surface area contributed by atoms with E-state index in [-0.39, 0.29) is 13.2 Å². The third-order valence-electron chi connectivity index (χ3n) is 5.66. The number of hydrogen-bond donors (Lipinski definition) is 1. The van der Waals surface area contributed by atoms with Gasteiger partial charge in [-0.15, -0.1) is 0 Å². The number of phosphoric ester groups is 1. The molecule has 0 saturated heterocycles. The van der Waals surface area contributed by atoms with E-state index in [1.165, 1.54) is 70.6 Å². The van der Waals surface area contributed by atoms with Crippen molar-refractivity contribution in [3.05, 3.63) is 0 Å². The molecular weight excluding hydrogens is 469 g/mol. The molecule has 0 aliphatic rings. The Kier molecular flexibility index (Phi) is 17.9. The second kappa shape index (κ2) is 21.6. The summed E-state index contributed by atoms with van der Waals surface area (Å²) in [6.07, 6.45) is 16.3. The van der Waals surface area contributed by atoms with Gasteiger partial charge in [0.2, 0.25) is 0 Å². The number of carbonyl (C=O) groups excluding carboxylic acids is 1. The smallest absolute Gasteiger partial charge is 0.458 e. The number of ether oxygens (including phenoxy) is 2. The van der Waals surface area contributed by atoms with E-state index in [2.05, 4.69) is 6.92 Å². The number of quaternary nitrogens is 1. The summed E-state index contributed by atoms with van der Waals surface area (Å²) in [5.41, 5.74) is 0. The molecule has 2 atom stereocenters. The Morgan fingerprint density at radius 1 is 0.829 bits per heavy atom. The van der Waals surface area contributed by atoms with Gasteiger partial charge in [0, 0.05) is 17.6 Å². The lowest BCUT2D eigenvalue weighted by atomic mass is 10.0. The minimum absolute atomic E-state index is 0.00731. The van der Waals surface area contributed by atoms with Gasteiger partial charge in [-0.25, -0.2) is 4.57 Å². The Balaban J connectivity index is 4.10. The van der Waals surface area contributed by atoms with Crippen molar-refractivity contribution < 1.29 is 41.4 Å². The molecule has 0 bridgehead atoms. The van der Waals surface area contributed by atoms with Gasteiger partial charge in [-0.1, -0.05) is 90.4 Å². The maximum Gasteiger partial charge on any atom is 0.472 e. The van der Waals surface area contributed by atoms with Crippen LogP contribution in [-0.2, 0) is 27.9 Å². The molecule has 0 spiro atoms. The number of nitrogens with zero attached hydrogens (tertiary/aromatic N) is 1. The zero-order valence-corrected chi connectivity index (χ0v) is 23.7. The summed E-state index contributed by atoms with van der Waals surface area (Å²) in [5.74, 6) is -1.41. The molecule has 0 aliphatic carbocycles. The lowest BCUT2D eigenvalue weighted by molar-refractivity contribution is -0.870. The predicted molar refractivity (Wildman–Crippen MR) is 141 cm³/mol. The molecule has 0 aliphatic heterocycles. The van der Waals surface area contributed by atoms with Gasteiger partial charge in [0.15, 0.2) is 0 Å². The highest BCUT2D eigenvalue weighted by Crippen LogP contribution is 2.43. The third-order valence-corrected chi connectivity index (χ3v) is 6.64. The molecule has 0 fully saturated rings. The second-order valence-electron chi connectivity index (χ2n) is 10.3. The van der Waals surface area contributed by atoms with Crippen LogP contribution in [0, 0.1) is 0 Å². The van der Waals surface area contributed by atoms with E-state index in [4.69, 9.17) is 22.6 Å². The standard InChI is InChI=1S/C26H54NO7P/c1-6-7-8-9-10-11-12-13-14-15-16-17-18-19-21-31-23-26(34-25(2)28)24-33-35(29,30)32-22-20-27(3,4)5/h26H,6-24H2,1-5H3/p+1/t26-/m1/s1/i2D3. The van der Waals surface area contributed by atoms with Gasteiger partial charge in [0.25, 0.3) is 0 Å². The molecule has 35 heavy (non-hydrogen) atoms. The van der Waals surface area contributed by atoms with Crippen LogP contribution in [0.2, 0.25) is 0 Å². The molecule has 8 nitrogen and oxygen atoms in total. The highest BCUT2D eigenvalue weighted by atomic mass is 31.2. The summed E-state index contributed by atoms with van der Waals surface area (Å²) < 4.78 is 54.6. The Morgan fingerprint density at radius 2 is 1.34 bits per heavy atom. The molecule has 0 aromatic rings. The van der Waals surface area contributed by atoms with Crippen LogP contribution in [0.25, 0.3) is 0 Å². The summed E-state index contributed by atoms with van der Waals surface area (Å²) in [4.78, 5) is 21.7. The molecule has 210 valence electrons. The van der Waals surface area contributed by atoms with Crippen molar-refractivity contribution in [3.63, 3.8) is 0 Å². The molecular formula is C26H55NO7P+. The number of esters is 1. The number of unbranched alkanes of at least 4 members (excludes halogenated alkanes) is 13. The molecule has 1 unspecified atom stereocenters. The summed E-state index contributed by atoms with van der Waals surface area (Å²) in [5, 5.41) is 0. The lowest BCUT2D eigenvalue weighted by Crippen LogP contribution is -2.37. The van der Waals surface area contributed by atoms with E-state index in [0.29, 0.717) is 17.6 Å². The summed E-state index contributed by atoms with van der Waals surface area (Å²) >= 11 is 0. The highest BCUT2D eigenvalue weighted by molar-refractivity contribution is 7.47. The fourth-order valence-corrected chi connectivity index (χ4v) is 4.27. The molecule has 0 heterocycles. The molecule has 0 radical (unpaired) electrons. The van der Waals surface area contributed by atoms with Crippen LogP contribution in [0.3, 0.4) is 0 Å². The van der Waals surface area contributed by atoms with Crippen molar-refractivity contribution in [2.45, 2.75) is 110 Å². The zero-order valence-electron chi connectivity index (χ0n) is 25.8. The van der Waals surface area contributed by atoms with Crippen LogP contribution in [0.5, 0.6) is 0 Å². The molecule has 0 aromatic heterocycles. The average molecular weight is 528 g/mol. The molecule has 9 heteroatoms. The van der Waals surface area contributed by atoms with Gasteiger partial charge in [-0.2, -0.15) is 0 Å². The quantitative estimate of drug-likeness (QED) is 0.0649. The largest absolute Gasteiger partial charge is 0.472 e. The van der Waals surface area contributed by atoms with Crippen LogP contribution in [0.1, 0.15) is 108 Å². The van der Waals surface area contributed by atoms with E-state index >= 15 is 0 Å². The van der Waals surface area contributed by atoms with Crippen LogP contribution in [-0.4, -0.2) is 75.6 Å². The summed E-state index contributed by atoms with van der Waals surface area (Å²) in [6.45, 7) is -0.472. The van der Waals surface area contributed by atoms with Crippen molar-refractivity contribution in [3.8, 4) is 0 Å². The molecule has 0 saturated carbocycles. The number of likely N-dealkylation sites (N-methyl/N-ethyl adjacent to an activating group) is 1. The topological polar surface area (TPSA) is 91.3 Å². The Hall–Kier alpha value is -0.500. The minimum Gasteiger partial charge on any atom is -0.458 e. The maximum absolute atomic E-state index is 12.1. The minimum atomic E-state index is -4.39. The Bertz CT molecular complexity index is 645. The van der Waals surface area contributed by atoms with E-state index in [1.807, 2.05) is 21.1 Å². The van der Waals surface area contributed by atoms with Crippen molar-refractivity contribution in [1.29, 1.82) is 0 Å². The first-order chi connectivity index (χ1) is 17.8. The number of rotatable bonds is 25. The number of carbonyl (C=O) groups is 1. The van der Waals surface area contributed by atoms with E-state index in [1.54, 1.807) is 0 Å². The Morgan fingerprint density at radius 3 is 1.83 bits per heavy atom. The van der Waals surface area contributed by atoms with Crippen LogP contribution < -0.4 is 0 Å². The lowest BCUT2D eigenvalue weighted by Gasteiger charge is -2.24. The zero-order chi connectivity index (χ0) is 28.9. The molecule has 0 aromatic carbocycles. The van der Waals surface area contributed by atoms with E-state index < -0.39 is 33.4 Å². The first-order valence-corrected chi connectivity index (χ1v) is 15.0. The highest BCUT2D eigenvalue weighted by Gasteiger charge is 2.25. The van der Waals surface area contributed by atoms with E-state index in [0.717, 1.165) is 19.3 Å². The molecule has 0 rings (SSSR count).